The number of fused-ring (bicyclic) bond motifs is 1. The smallest absolute Gasteiger partial charge is 0.407 e. The maximum absolute atomic E-state index is 14.8. The molecule has 0 aliphatic carbocycles. The number of pyridine rings is 1. The lowest BCUT2D eigenvalue weighted by molar-refractivity contribution is 0.0463. The number of rotatable bonds is 3. The van der Waals surface area contributed by atoms with Crippen LogP contribution >= 0.6 is 31.9 Å². The molecule has 5 nitrogen and oxygen atoms in total. The number of alkyl halides is 3. The topological polar surface area (TPSA) is 54.5 Å². The molecule has 3 rings (SSSR count). The number of hydrogen-bond donors (Lipinski definition) is 1. The summed E-state index contributed by atoms with van der Waals surface area (Å²) in [6.07, 6.45) is -1.52. The second kappa shape index (κ2) is 8.71. The minimum Gasteiger partial charge on any atom is -0.444 e. The highest BCUT2D eigenvalue weighted by Gasteiger charge is 2.32. The number of nitrogens with one attached hydrogen (secondary N) is 1. The third-order valence-corrected chi connectivity index (χ3v) is 5.55. The van der Waals surface area contributed by atoms with E-state index in [9.17, 15) is 13.6 Å². The maximum Gasteiger partial charge on any atom is 0.407 e. The van der Waals surface area contributed by atoms with Crippen molar-refractivity contribution in [2.45, 2.75) is 48.7 Å². The SMILES string of the molecule is CC(C)(C)OC(=O)N[C@@H]1CCN(c2ccc(F)c3ccc(C(Br)Br)nc23)C[C@@H]1F. The van der Waals surface area contributed by atoms with E-state index in [4.69, 9.17) is 4.74 Å². The van der Waals surface area contributed by atoms with E-state index in [1.54, 1.807) is 39.0 Å². The molecule has 1 aromatic carbocycles. The molecule has 0 bridgehead atoms. The van der Waals surface area contributed by atoms with Crippen LogP contribution in [-0.4, -0.2) is 42.0 Å². The Morgan fingerprint density at radius 3 is 2.66 bits per heavy atom. The van der Waals surface area contributed by atoms with E-state index in [1.165, 1.54) is 6.07 Å². The molecule has 1 N–H and O–H groups in total. The Morgan fingerprint density at radius 2 is 2.03 bits per heavy atom. The van der Waals surface area contributed by atoms with Crippen LogP contribution < -0.4 is 10.2 Å². The summed E-state index contributed by atoms with van der Waals surface area (Å²) in [7, 11) is 0. The van der Waals surface area contributed by atoms with Crippen LogP contribution in [0.3, 0.4) is 0 Å². The third kappa shape index (κ3) is 5.36. The van der Waals surface area contributed by atoms with Crippen LogP contribution in [0.2, 0.25) is 0 Å². The van der Waals surface area contributed by atoms with Crippen molar-refractivity contribution in [1.82, 2.24) is 10.3 Å². The predicted octanol–water partition coefficient (Wildman–Crippen LogP) is 5.60. The minimum absolute atomic E-state index is 0.0686. The fraction of sp³-hybridized carbons (Fsp3) is 0.500. The lowest BCUT2D eigenvalue weighted by Gasteiger charge is -2.37. The minimum atomic E-state index is -1.29. The van der Waals surface area contributed by atoms with Gasteiger partial charge in [-0.1, -0.05) is 31.9 Å². The molecule has 2 heterocycles. The summed E-state index contributed by atoms with van der Waals surface area (Å²) in [5.74, 6) is -0.373. The highest BCUT2D eigenvalue weighted by molar-refractivity contribution is 9.24. The highest BCUT2D eigenvalue weighted by Crippen LogP contribution is 2.34. The lowest BCUT2D eigenvalue weighted by Crippen LogP contribution is -2.53. The van der Waals surface area contributed by atoms with Gasteiger partial charge in [0, 0.05) is 11.9 Å². The Bertz CT molecular complexity index is 905. The normalized spacial score (nSPS) is 20.2. The molecule has 1 aliphatic rings. The van der Waals surface area contributed by atoms with Gasteiger partial charge < -0.3 is 15.0 Å². The van der Waals surface area contributed by atoms with Crippen molar-refractivity contribution < 1.29 is 18.3 Å². The van der Waals surface area contributed by atoms with E-state index >= 15 is 0 Å². The van der Waals surface area contributed by atoms with Crippen molar-refractivity contribution in [3.05, 3.63) is 35.8 Å². The largest absolute Gasteiger partial charge is 0.444 e. The van der Waals surface area contributed by atoms with Crippen molar-refractivity contribution in [1.29, 1.82) is 0 Å². The molecule has 158 valence electrons. The maximum atomic E-state index is 14.8. The standard InChI is InChI=1S/C20H23Br2F2N3O2/c1-20(2,3)29-19(28)26-14-8-9-27(10-13(14)24)16-7-5-12(23)11-4-6-15(18(21)22)25-17(11)16/h4-7,13-14,18H,8-10H2,1-3H3,(H,26,28)/t13-,14+/m0/s1. The fourth-order valence-corrected chi connectivity index (χ4v) is 3.81. The van der Waals surface area contributed by atoms with Crippen LogP contribution in [-0.2, 0) is 4.74 Å². The number of anilines is 1. The molecule has 29 heavy (non-hydrogen) atoms. The number of amides is 1. The predicted molar refractivity (Wildman–Crippen MR) is 117 cm³/mol. The number of halogens is 4. The van der Waals surface area contributed by atoms with Gasteiger partial charge in [-0.3, -0.25) is 0 Å². The summed E-state index contributed by atoms with van der Waals surface area (Å²) in [5.41, 5.74) is 1.21. The molecule has 1 aromatic heterocycles. The van der Waals surface area contributed by atoms with E-state index in [0.29, 0.717) is 35.2 Å². The first-order chi connectivity index (χ1) is 13.5. The van der Waals surface area contributed by atoms with Gasteiger partial charge in [-0.25, -0.2) is 18.6 Å². The Kier molecular flexibility index (Phi) is 6.67. The van der Waals surface area contributed by atoms with E-state index in [0.717, 1.165) is 0 Å². The molecule has 9 heteroatoms. The number of carbonyl (C=O) groups excluding carboxylic acids is 1. The first-order valence-electron chi connectivity index (χ1n) is 9.31. The summed E-state index contributed by atoms with van der Waals surface area (Å²) in [6, 6.07) is 5.77. The summed E-state index contributed by atoms with van der Waals surface area (Å²) in [5, 5.41) is 3.00. The zero-order valence-corrected chi connectivity index (χ0v) is 19.6. The third-order valence-electron chi connectivity index (χ3n) is 4.61. The van der Waals surface area contributed by atoms with Crippen LogP contribution in [0.5, 0.6) is 0 Å². The van der Waals surface area contributed by atoms with E-state index < -0.39 is 23.9 Å². The van der Waals surface area contributed by atoms with Crippen LogP contribution in [0.1, 0.15) is 36.6 Å². The number of alkyl carbamates (subject to hydrolysis) is 1. The Balaban J connectivity index is 1.79. The fourth-order valence-electron chi connectivity index (χ4n) is 3.30. The van der Waals surface area contributed by atoms with Gasteiger partial charge in [-0.2, -0.15) is 0 Å². The van der Waals surface area contributed by atoms with Gasteiger partial charge in [-0.15, -0.1) is 0 Å². The zero-order valence-electron chi connectivity index (χ0n) is 16.4. The van der Waals surface area contributed by atoms with Gasteiger partial charge in [0.15, 0.2) is 0 Å². The summed E-state index contributed by atoms with van der Waals surface area (Å²) >= 11 is 6.81. The van der Waals surface area contributed by atoms with Crippen molar-refractivity contribution in [3.63, 3.8) is 0 Å². The molecule has 1 fully saturated rings. The van der Waals surface area contributed by atoms with Gasteiger partial charge >= 0.3 is 6.09 Å². The zero-order chi connectivity index (χ0) is 21.3. The molecule has 1 aliphatic heterocycles. The molecule has 0 spiro atoms. The molecule has 0 radical (unpaired) electrons. The van der Waals surface area contributed by atoms with Gasteiger partial charge in [0.2, 0.25) is 0 Å². The van der Waals surface area contributed by atoms with Gasteiger partial charge in [0.25, 0.3) is 0 Å². The second-order valence-corrected chi connectivity index (χ2v) is 11.1. The summed E-state index contributed by atoms with van der Waals surface area (Å²) in [4.78, 5) is 18.4. The first-order valence-corrected chi connectivity index (χ1v) is 11.1. The van der Waals surface area contributed by atoms with Crippen molar-refractivity contribution in [2.24, 2.45) is 0 Å². The average Bonchev–Trinajstić information content (AvgIpc) is 2.62. The van der Waals surface area contributed by atoms with Crippen molar-refractivity contribution >= 4 is 54.5 Å². The van der Waals surface area contributed by atoms with Crippen molar-refractivity contribution in [3.8, 4) is 0 Å². The second-order valence-electron chi connectivity index (χ2n) is 8.00. The van der Waals surface area contributed by atoms with Gasteiger partial charge in [0.05, 0.1) is 29.5 Å². The number of carbonyl (C=O) groups is 1. The number of ether oxygens (including phenoxy) is 1. The van der Waals surface area contributed by atoms with Gasteiger partial charge in [-0.05, 0) is 51.5 Å². The van der Waals surface area contributed by atoms with Crippen LogP contribution in [0.4, 0.5) is 19.3 Å². The number of piperidine rings is 1. The molecule has 2 atom stereocenters. The molecule has 0 saturated carbocycles. The summed E-state index contributed by atoms with van der Waals surface area (Å²) < 4.78 is 34.2. The number of nitrogens with zero attached hydrogens (tertiary/aromatic N) is 2. The van der Waals surface area contributed by atoms with Crippen LogP contribution in [0.25, 0.3) is 10.9 Å². The number of benzene rings is 1. The number of aromatic nitrogens is 1. The molecule has 0 unspecified atom stereocenters. The van der Waals surface area contributed by atoms with E-state index in [2.05, 4.69) is 42.2 Å². The molecular formula is C20H23Br2F2N3O2. The molecular weight excluding hydrogens is 512 g/mol. The van der Waals surface area contributed by atoms with Crippen molar-refractivity contribution in [2.75, 3.05) is 18.0 Å². The monoisotopic (exact) mass is 533 g/mol. The quantitative estimate of drug-likeness (QED) is 0.520. The Hall–Kier alpha value is -1.48. The summed E-state index contributed by atoms with van der Waals surface area (Å²) in [6.45, 7) is 5.84. The number of hydrogen-bond acceptors (Lipinski definition) is 4. The first kappa shape index (κ1) is 22.2. The molecule has 2 aromatic rings. The van der Waals surface area contributed by atoms with Crippen LogP contribution in [0, 0.1) is 5.82 Å². The highest BCUT2D eigenvalue weighted by atomic mass is 79.9. The molecule has 1 saturated heterocycles. The van der Waals surface area contributed by atoms with E-state index in [-0.39, 0.29) is 16.1 Å². The van der Waals surface area contributed by atoms with Gasteiger partial charge in [0.1, 0.15) is 21.3 Å². The average molecular weight is 535 g/mol. The van der Waals surface area contributed by atoms with Crippen LogP contribution in [0.15, 0.2) is 24.3 Å². The molecule has 1 amide bonds. The Labute approximate surface area is 185 Å². The van der Waals surface area contributed by atoms with E-state index in [1.807, 2.05) is 4.90 Å². The Morgan fingerprint density at radius 1 is 1.31 bits per heavy atom. The lowest BCUT2D eigenvalue weighted by atomic mass is 10.0.